The van der Waals surface area contributed by atoms with Crippen LogP contribution in [0.5, 0.6) is 0 Å². The van der Waals surface area contributed by atoms with E-state index in [1.165, 1.54) is 6.07 Å². The number of aliphatic imine (C=N–C) groups is 1. The van der Waals surface area contributed by atoms with Gasteiger partial charge in [0.25, 0.3) is 5.56 Å². The summed E-state index contributed by atoms with van der Waals surface area (Å²) >= 11 is 0. The number of nitrogens with one attached hydrogen (secondary N) is 1. The smallest absolute Gasteiger partial charge is 0.272 e. The molecule has 24 heteroatoms. The number of aliphatic hydroxyl groups excluding tert-OH is 3. The summed E-state index contributed by atoms with van der Waals surface area (Å²) in [5.74, 6) is 2.36. The standard InChI is InChI=1S/C15H25N5O2.C14H24N2O3.C14H30O4.2C13H28O4/c1-9(2)21-7-12(22-10(3)4)6-20-8-17-13-14(16)18-11(5)19-15(13)20;1-10(2)18-9-13(19-11(3)4)8-16-7-6-14(17)15-12(16)5;1-9(2)16-8-14(13(7)17-10(3)4)18-12(6)11(5)15;2*1-9(2)15-8-13(17-11(5)7-14)12(6)16-10(3)4/h8-10,12,19H,5-7H2,1-4H3,(H2,16,18);6-7,10-11,13H,8-9H2,1-5H3;9-15H,8H2,1-7H3;2*9-14H,7-8H2,1-6H3/t;;11?,12-,13?,14-;11-,12?,13+;11-,12?,13-/m..000/s1. The second-order valence-corrected chi connectivity index (χ2v) is 26.3. The van der Waals surface area contributed by atoms with Crippen molar-refractivity contribution in [3.8, 4) is 0 Å². The first kappa shape index (κ1) is 91.5. The normalized spacial score (nSPS) is 16.5. The van der Waals surface area contributed by atoms with Crippen LogP contribution in [0.3, 0.4) is 0 Å². The molecule has 93 heavy (non-hydrogen) atoms. The van der Waals surface area contributed by atoms with Gasteiger partial charge in [-0.1, -0.05) is 6.58 Å². The lowest BCUT2D eigenvalue weighted by Crippen LogP contribution is -2.40. The maximum atomic E-state index is 11.1. The van der Waals surface area contributed by atoms with Crippen LogP contribution < -0.4 is 16.6 Å². The Morgan fingerprint density at radius 2 is 0.828 bits per heavy atom. The lowest BCUT2D eigenvalue weighted by Gasteiger charge is -2.30. The lowest BCUT2D eigenvalue weighted by molar-refractivity contribution is -0.153. The van der Waals surface area contributed by atoms with Gasteiger partial charge in [-0.3, -0.25) is 4.79 Å². The maximum Gasteiger partial charge on any atom is 0.272 e. The van der Waals surface area contributed by atoms with E-state index in [9.17, 15) is 9.90 Å². The van der Waals surface area contributed by atoms with Gasteiger partial charge in [-0.15, -0.1) is 0 Å². The Labute approximate surface area is 562 Å². The van der Waals surface area contributed by atoms with E-state index in [2.05, 4.69) is 26.9 Å². The Bertz CT molecular complexity index is 2220. The number of aliphatic hydroxyl groups is 3. The third-order valence-electron chi connectivity index (χ3n) is 12.9. The Kier molecular flexibility index (Phi) is 49.9. The van der Waals surface area contributed by atoms with Crippen molar-refractivity contribution in [3.63, 3.8) is 0 Å². The summed E-state index contributed by atoms with van der Waals surface area (Å²) in [5, 5.41) is 30.6. The molecule has 0 radical (unpaired) electrons. The Balaban J connectivity index is 0. The third kappa shape index (κ3) is 46.3. The summed E-state index contributed by atoms with van der Waals surface area (Å²) in [4.78, 5) is 23.4. The minimum Gasteiger partial charge on any atom is -0.394 e. The minimum atomic E-state index is -0.502. The van der Waals surface area contributed by atoms with Crippen molar-refractivity contribution >= 4 is 11.7 Å². The number of imidazole rings is 1. The molecule has 0 spiro atoms. The second-order valence-electron chi connectivity index (χ2n) is 26.3. The van der Waals surface area contributed by atoms with E-state index in [0.717, 1.165) is 5.82 Å². The highest BCUT2D eigenvalue weighted by Gasteiger charge is 2.28. The molecule has 0 fully saturated rings. The molecule has 0 saturated carbocycles. The molecule has 0 amide bonds. The molecule has 548 valence electrons. The van der Waals surface area contributed by atoms with Gasteiger partial charge in [0.2, 0.25) is 0 Å². The lowest BCUT2D eigenvalue weighted by atomic mass is 10.2. The molecule has 3 heterocycles. The molecule has 1 aliphatic rings. The van der Waals surface area contributed by atoms with E-state index in [-0.39, 0.29) is 147 Å². The van der Waals surface area contributed by atoms with Crippen molar-refractivity contribution in [2.24, 2.45) is 10.7 Å². The number of rotatable bonds is 41. The van der Waals surface area contributed by atoms with Gasteiger partial charge in [-0.2, -0.15) is 4.98 Å². The zero-order valence-electron chi connectivity index (χ0n) is 62.9. The summed E-state index contributed by atoms with van der Waals surface area (Å²) in [6.07, 6.45) is 3.10. The monoisotopic (exact) mass is 1330 g/mol. The first-order valence-electron chi connectivity index (χ1n) is 33.8. The van der Waals surface area contributed by atoms with E-state index in [1.807, 2.05) is 196 Å². The topological polar surface area (TPSA) is 284 Å². The number of aryl methyl sites for hydroxylation is 1. The molecule has 12 atom stereocenters. The van der Waals surface area contributed by atoms with E-state index < -0.39 is 6.10 Å². The van der Waals surface area contributed by atoms with E-state index in [4.69, 9.17) is 77.5 Å². The number of hydrogen-bond donors (Lipinski definition) is 5. The predicted molar refractivity (Wildman–Crippen MR) is 370 cm³/mol. The van der Waals surface area contributed by atoms with Crippen LogP contribution >= 0.6 is 0 Å². The van der Waals surface area contributed by atoms with E-state index >= 15 is 0 Å². The first-order valence-corrected chi connectivity index (χ1v) is 33.8. The van der Waals surface area contributed by atoms with Crippen LogP contribution in [0.25, 0.3) is 0 Å². The first-order chi connectivity index (χ1) is 43.2. The highest BCUT2D eigenvalue weighted by atomic mass is 16.6. The summed E-state index contributed by atoms with van der Waals surface area (Å²) in [5.41, 5.74) is 6.30. The number of hydrogen-bond acceptors (Lipinski definition) is 22. The third-order valence-corrected chi connectivity index (χ3v) is 12.9. The highest BCUT2D eigenvalue weighted by Crippen LogP contribution is 2.23. The van der Waals surface area contributed by atoms with Gasteiger partial charge in [0.05, 0.1) is 182 Å². The van der Waals surface area contributed by atoms with Crippen LogP contribution in [-0.4, -0.2) is 221 Å². The fourth-order valence-electron chi connectivity index (χ4n) is 8.34. The van der Waals surface area contributed by atoms with Crippen LogP contribution in [0, 0.1) is 6.92 Å². The molecule has 0 aromatic carbocycles. The number of anilines is 1. The number of aromatic nitrogens is 4. The van der Waals surface area contributed by atoms with E-state index in [1.54, 1.807) is 19.4 Å². The van der Waals surface area contributed by atoms with Crippen LogP contribution in [-0.2, 0) is 74.7 Å². The molecule has 6 N–H and O–H groups in total. The van der Waals surface area contributed by atoms with Gasteiger partial charge >= 0.3 is 0 Å². The van der Waals surface area contributed by atoms with Gasteiger partial charge in [-0.25, -0.2) is 9.98 Å². The molecular formula is C69H135N7O17. The fraction of sp³-hybridized carbons (Fsp3) is 0.855. The quantitative estimate of drug-likeness (QED) is 0.0414. The average Bonchev–Trinajstić information content (AvgIpc) is 1.68. The number of fused-ring (bicyclic) bond motifs is 1. The number of nitrogens with two attached hydrogens (primary N) is 1. The maximum absolute atomic E-state index is 11.1. The van der Waals surface area contributed by atoms with Gasteiger partial charge < -0.3 is 97.1 Å². The van der Waals surface area contributed by atoms with Crippen LogP contribution in [0.4, 0.5) is 5.82 Å². The molecule has 6 unspecified atom stereocenters. The van der Waals surface area contributed by atoms with Crippen LogP contribution in [0.2, 0.25) is 0 Å². The zero-order chi connectivity index (χ0) is 71.8. The van der Waals surface area contributed by atoms with Gasteiger partial charge in [0, 0.05) is 12.3 Å². The van der Waals surface area contributed by atoms with Crippen molar-refractivity contribution < 1.29 is 76.9 Å². The van der Waals surface area contributed by atoms with Crippen molar-refractivity contribution in [1.29, 1.82) is 0 Å². The second kappa shape index (κ2) is 50.8. The highest BCUT2D eigenvalue weighted by molar-refractivity contribution is 6.02. The molecule has 0 aliphatic carbocycles. The summed E-state index contributed by atoms with van der Waals surface area (Å²) in [7, 11) is 0. The largest absolute Gasteiger partial charge is 0.394 e. The Morgan fingerprint density at radius 1 is 0.484 bits per heavy atom. The van der Waals surface area contributed by atoms with Crippen molar-refractivity contribution in [2.75, 3.05) is 51.6 Å². The molecular weight excluding hydrogens is 1200 g/mol. The molecule has 0 saturated heterocycles. The van der Waals surface area contributed by atoms with Crippen molar-refractivity contribution in [1.82, 2.24) is 19.1 Å². The van der Waals surface area contributed by atoms with Gasteiger partial charge in [0.1, 0.15) is 41.5 Å². The molecule has 0 bridgehead atoms. The number of amidine groups is 1. The molecule has 1 aliphatic heterocycles. The van der Waals surface area contributed by atoms with Crippen LogP contribution in [0.1, 0.15) is 198 Å². The fourth-order valence-corrected chi connectivity index (χ4v) is 8.34. The molecule has 2 aromatic rings. The average molecular weight is 1330 g/mol. The summed E-state index contributed by atoms with van der Waals surface area (Å²) < 4.78 is 78.1. The van der Waals surface area contributed by atoms with Gasteiger partial charge in [0.15, 0.2) is 5.84 Å². The predicted octanol–water partition coefficient (Wildman–Crippen LogP) is 9.84. The van der Waals surface area contributed by atoms with Crippen LogP contribution in [0.15, 0.2) is 40.8 Å². The molecule has 2 aromatic heterocycles. The summed E-state index contributed by atoms with van der Waals surface area (Å²) in [6, 6.07) is 1.46. The van der Waals surface area contributed by atoms with E-state index in [0.29, 0.717) is 69.3 Å². The van der Waals surface area contributed by atoms with Gasteiger partial charge in [-0.05, 0) is 194 Å². The number of ether oxygens (including phenoxy) is 13. The Morgan fingerprint density at radius 3 is 1.15 bits per heavy atom. The molecule has 3 rings (SSSR count). The van der Waals surface area contributed by atoms with Crippen molar-refractivity contribution in [3.05, 3.63) is 52.9 Å². The Hall–Kier alpha value is -3.54. The number of nitrogens with zero attached hydrogens (tertiary/aromatic N) is 5. The summed E-state index contributed by atoms with van der Waals surface area (Å²) in [6.45, 7) is 62.4. The zero-order valence-corrected chi connectivity index (χ0v) is 62.9. The molecule has 24 nitrogen and oxygen atoms in total. The SMILES string of the molecule is C=C1N=C(N)c2ncn(CC(COC(C)C)OC(C)C)c2N1.CC(C)OC[C@@H](O[C@@H](C)CO)C(C)OC(C)C.CC(C)OC[C@H](O[C@@H](C)C(C)O)C(C)OC(C)C.CC(C)OC[C@H](O[C@@H](C)CO)C(C)OC(C)C.Cc1nc(=O)ccn1CC(COC(C)C)OC(C)C. The van der Waals surface area contributed by atoms with Crippen molar-refractivity contribution in [2.45, 2.75) is 341 Å². The minimum absolute atomic E-state index is 0.00652.